The van der Waals surface area contributed by atoms with Crippen LogP contribution >= 0.6 is 11.8 Å². The van der Waals surface area contributed by atoms with Crippen LogP contribution in [0.4, 0.5) is 5.69 Å². The lowest BCUT2D eigenvalue weighted by Gasteiger charge is -2.43. The lowest BCUT2D eigenvalue weighted by Crippen LogP contribution is -2.39. The number of hydrogen-bond acceptors (Lipinski definition) is 7. The molecule has 2 heterocycles. The van der Waals surface area contributed by atoms with E-state index in [0.717, 1.165) is 21.4 Å². The van der Waals surface area contributed by atoms with Gasteiger partial charge in [0.2, 0.25) is 0 Å². The van der Waals surface area contributed by atoms with Crippen molar-refractivity contribution < 1.29 is 28.9 Å². The zero-order valence-corrected chi connectivity index (χ0v) is 26.5. The number of aliphatic hydroxyl groups is 1. The first-order valence-corrected chi connectivity index (χ1v) is 16.3. The summed E-state index contributed by atoms with van der Waals surface area (Å²) in [7, 11) is 0. The van der Waals surface area contributed by atoms with Crippen LogP contribution in [-0.2, 0) is 16.1 Å². The Labute approximate surface area is 277 Å². The number of Topliss-reactive ketones (excluding diaryl/α,β-unsaturated/α-hetero) is 1. The maximum absolute atomic E-state index is 13.3. The van der Waals surface area contributed by atoms with Crippen molar-refractivity contribution >= 4 is 29.1 Å². The molecule has 4 aromatic carbocycles. The van der Waals surface area contributed by atoms with Crippen molar-refractivity contribution in [3.8, 4) is 0 Å². The van der Waals surface area contributed by atoms with Gasteiger partial charge in [-0.05, 0) is 53.9 Å². The van der Waals surface area contributed by atoms with E-state index in [2.05, 4.69) is 5.32 Å². The van der Waals surface area contributed by atoms with Crippen LogP contribution in [0, 0.1) is 5.21 Å². The van der Waals surface area contributed by atoms with Crippen LogP contribution in [0.15, 0.2) is 133 Å². The topological polar surface area (TPSA) is 112 Å². The SMILES string of the molecule is CC(=O)c1cccc(NC(=O)c2cccc(C3OC(CSc4cccc[n+]4[O-])C(c4ccccc4)C(c4ccc(CO)cc4)O3)c2)c1. The van der Waals surface area contributed by atoms with Gasteiger partial charge in [0, 0.05) is 46.2 Å². The van der Waals surface area contributed by atoms with Crippen LogP contribution in [0.2, 0.25) is 0 Å². The van der Waals surface area contributed by atoms with Crippen LogP contribution < -0.4 is 10.0 Å². The zero-order chi connectivity index (χ0) is 32.8. The van der Waals surface area contributed by atoms with E-state index in [1.165, 1.54) is 24.9 Å². The number of aliphatic hydroxyl groups excluding tert-OH is 1. The second kappa shape index (κ2) is 14.7. The van der Waals surface area contributed by atoms with Crippen molar-refractivity contribution in [1.82, 2.24) is 0 Å². The lowest BCUT2D eigenvalue weighted by atomic mass is 9.84. The van der Waals surface area contributed by atoms with E-state index in [4.69, 9.17) is 9.47 Å². The van der Waals surface area contributed by atoms with E-state index in [9.17, 15) is 19.9 Å². The van der Waals surface area contributed by atoms with Crippen LogP contribution in [0.5, 0.6) is 0 Å². The number of rotatable bonds is 10. The van der Waals surface area contributed by atoms with Crippen LogP contribution in [0.3, 0.4) is 0 Å². The third kappa shape index (κ3) is 7.61. The van der Waals surface area contributed by atoms with Gasteiger partial charge in [-0.1, -0.05) is 90.6 Å². The predicted octanol–water partition coefficient (Wildman–Crippen LogP) is 7.00. The van der Waals surface area contributed by atoms with Gasteiger partial charge in [-0.3, -0.25) is 9.59 Å². The van der Waals surface area contributed by atoms with Crippen molar-refractivity contribution in [3.63, 3.8) is 0 Å². The molecule has 238 valence electrons. The largest absolute Gasteiger partial charge is 0.618 e. The molecule has 0 spiro atoms. The molecule has 0 radical (unpaired) electrons. The average molecular weight is 647 g/mol. The van der Waals surface area contributed by atoms with E-state index in [1.807, 2.05) is 66.7 Å². The standard InChI is InChI=1S/C38H34N2O6S/c1-25(42)29-11-8-14-32(22-29)39-37(43)30-12-7-13-31(21-30)38-45-33(24-47-34-15-5-6-20-40(34)44)35(27-9-3-2-4-10-27)36(46-38)28-18-16-26(23-41)17-19-28/h2-22,33,35-36,38,41H,23-24H2,1H3,(H,39,43). The van der Waals surface area contributed by atoms with Gasteiger partial charge in [0.05, 0.1) is 18.8 Å². The van der Waals surface area contributed by atoms with Crippen LogP contribution in [0.25, 0.3) is 0 Å². The monoisotopic (exact) mass is 646 g/mol. The third-order valence-corrected chi connectivity index (χ3v) is 9.21. The molecule has 9 heteroatoms. The van der Waals surface area contributed by atoms with Gasteiger partial charge in [-0.15, -0.1) is 0 Å². The zero-order valence-electron chi connectivity index (χ0n) is 25.7. The fraction of sp³-hybridized carbons (Fsp3) is 0.184. The number of ether oxygens (including phenoxy) is 2. The minimum Gasteiger partial charge on any atom is -0.618 e. The molecule has 1 aromatic heterocycles. The van der Waals surface area contributed by atoms with Crippen molar-refractivity contribution in [2.24, 2.45) is 0 Å². The number of aromatic nitrogens is 1. The Hall–Kier alpha value is -4.80. The van der Waals surface area contributed by atoms with Gasteiger partial charge in [0.15, 0.2) is 18.3 Å². The summed E-state index contributed by atoms with van der Waals surface area (Å²) < 4.78 is 14.3. The number of benzene rings is 4. The highest BCUT2D eigenvalue weighted by atomic mass is 32.2. The van der Waals surface area contributed by atoms with Gasteiger partial charge in [-0.25, -0.2) is 0 Å². The van der Waals surface area contributed by atoms with Gasteiger partial charge in [0.1, 0.15) is 0 Å². The number of nitrogens with zero attached hydrogens (tertiary/aromatic N) is 1. The third-order valence-electron chi connectivity index (χ3n) is 8.10. The van der Waals surface area contributed by atoms with Crippen molar-refractivity contribution in [3.05, 3.63) is 166 Å². The summed E-state index contributed by atoms with van der Waals surface area (Å²) in [6, 6.07) is 36.9. The van der Waals surface area contributed by atoms with Crippen LogP contribution in [0.1, 0.15) is 68.2 Å². The smallest absolute Gasteiger partial charge is 0.255 e. The number of anilines is 1. The van der Waals surface area contributed by atoms with Crippen molar-refractivity contribution in [2.45, 2.75) is 43.0 Å². The van der Waals surface area contributed by atoms with E-state index >= 15 is 0 Å². The number of amides is 1. The number of thioether (sulfide) groups is 1. The molecule has 0 bridgehead atoms. The summed E-state index contributed by atoms with van der Waals surface area (Å²) in [4.78, 5) is 25.2. The second-order valence-corrected chi connectivity index (χ2v) is 12.3. The van der Waals surface area contributed by atoms with E-state index in [1.54, 1.807) is 54.6 Å². The number of ketones is 1. The predicted molar refractivity (Wildman–Crippen MR) is 180 cm³/mol. The number of hydrogen-bond donors (Lipinski definition) is 2. The van der Waals surface area contributed by atoms with E-state index < -0.39 is 18.5 Å². The first-order valence-electron chi connectivity index (χ1n) is 15.3. The molecule has 8 nitrogen and oxygen atoms in total. The summed E-state index contributed by atoms with van der Waals surface area (Å²) in [5.41, 5.74) is 4.82. The number of carbonyl (C=O) groups is 2. The molecule has 1 fully saturated rings. The first-order chi connectivity index (χ1) is 22.9. The van der Waals surface area contributed by atoms with Crippen molar-refractivity contribution in [1.29, 1.82) is 0 Å². The Morgan fingerprint density at radius 1 is 0.809 bits per heavy atom. The second-order valence-electron chi connectivity index (χ2n) is 11.3. The van der Waals surface area contributed by atoms with Crippen LogP contribution in [-0.4, -0.2) is 28.7 Å². The van der Waals surface area contributed by atoms with Gasteiger partial charge < -0.3 is 25.1 Å². The molecule has 5 aromatic rings. The first kappa shape index (κ1) is 32.2. The Kier molecular flexibility index (Phi) is 10.1. The highest BCUT2D eigenvalue weighted by Gasteiger charge is 2.42. The molecule has 2 N–H and O–H groups in total. The maximum atomic E-state index is 13.3. The Morgan fingerprint density at radius 2 is 1.53 bits per heavy atom. The fourth-order valence-corrected chi connectivity index (χ4v) is 6.67. The highest BCUT2D eigenvalue weighted by Crippen LogP contribution is 2.48. The number of carbonyl (C=O) groups excluding carboxylic acids is 2. The molecule has 1 amide bonds. The summed E-state index contributed by atoms with van der Waals surface area (Å²) in [5.74, 6) is -0.195. The van der Waals surface area contributed by atoms with E-state index in [-0.39, 0.29) is 24.2 Å². The minimum absolute atomic E-state index is 0.0703. The summed E-state index contributed by atoms with van der Waals surface area (Å²) in [6.45, 7) is 1.41. The minimum atomic E-state index is -0.827. The molecule has 1 aliphatic heterocycles. The summed E-state index contributed by atoms with van der Waals surface area (Å²) in [6.07, 6.45) is -0.192. The molecule has 0 saturated carbocycles. The molecule has 6 rings (SSSR count). The molecule has 1 aliphatic rings. The lowest BCUT2D eigenvalue weighted by molar-refractivity contribution is -0.645. The molecular formula is C38H34N2O6S. The maximum Gasteiger partial charge on any atom is 0.255 e. The summed E-state index contributed by atoms with van der Waals surface area (Å²) >= 11 is 1.41. The Morgan fingerprint density at radius 3 is 2.28 bits per heavy atom. The molecule has 4 atom stereocenters. The highest BCUT2D eigenvalue weighted by molar-refractivity contribution is 7.99. The van der Waals surface area contributed by atoms with E-state index in [0.29, 0.717) is 33.2 Å². The molecular weight excluding hydrogens is 612 g/mol. The molecule has 47 heavy (non-hydrogen) atoms. The molecule has 1 saturated heterocycles. The van der Waals surface area contributed by atoms with Gasteiger partial charge in [-0.2, -0.15) is 4.73 Å². The normalized spacial score (nSPS) is 19.2. The fourth-order valence-electron chi connectivity index (χ4n) is 5.69. The number of pyridine rings is 1. The Bertz CT molecular complexity index is 1850. The quantitative estimate of drug-likeness (QED) is 0.0728. The average Bonchev–Trinajstić information content (AvgIpc) is 3.11. The summed E-state index contributed by atoms with van der Waals surface area (Å²) in [5, 5.41) is 25.6. The number of nitrogens with one attached hydrogen (secondary N) is 1. The Balaban J connectivity index is 1.34. The van der Waals surface area contributed by atoms with Gasteiger partial charge >= 0.3 is 0 Å². The van der Waals surface area contributed by atoms with Gasteiger partial charge in [0.25, 0.3) is 10.9 Å². The molecule has 0 aliphatic carbocycles. The molecule has 4 unspecified atom stereocenters. The van der Waals surface area contributed by atoms with Crippen molar-refractivity contribution in [2.75, 3.05) is 11.1 Å².